The van der Waals surface area contributed by atoms with Crippen LogP contribution in [0.1, 0.15) is 11.7 Å². The predicted molar refractivity (Wildman–Crippen MR) is 98.6 cm³/mol. The van der Waals surface area contributed by atoms with Crippen molar-refractivity contribution in [2.24, 2.45) is 11.7 Å². The molecule has 136 valence electrons. The first-order valence-corrected chi connectivity index (χ1v) is 9.06. The van der Waals surface area contributed by atoms with Gasteiger partial charge in [0.25, 0.3) is 0 Å². The first kappa shape index (κ1) is 17.2. The maximum absolute atomic E-state index is 13.2. The number of carbonyl (C=O) groups excluding carboxylic acids is 2. The van der Waals surface area contributed by atoms with Crippen molar-refractivity contribution >= 4 is 29.3 Å². The van der Waals surface area contributed by atoms with E-state index in [0.29, 0.717) is 17.2 Å². The molecule has 0 saturated carbocycles. The molecule has 4 rings (SSSR count). The van der Waals surface area contributed by atoms with Crippen molar-refractivity contribution in [3.63, 3.8) is 0 Å². The van der Waals surface area contributed by atoms with Crippen LogP contribution in [0.15, 0.2) is 57.7 Å². The number of hydrogen-bond donors (Lipinski definition) is 1. The molecule has 2 amide bonds. The Morgan fingerprint density at radius 3 is 2.56 bits per heavy atom. The number of fused-ring (bicyclic) bond motifs is 1. The maximum atomic E-state index is 13.2. The Hall–Kier alpha value is -3.18. The largest absolute Gasteiger partial charge is 0.497 e. The summed E-state index contributed by atoms with van der Waals surface area (Å²) in [6, 6.07) is 12.1. The first-order chi connectivity index (χ1) is 13.1. The van der Waals surface area contributed by atoms with Gasteiger partial charge in [-0.25, -0.2) is 4.90 Å². The summed E-state index contributed by atoms with van der Waals surface area (Å²) >= 11 is 1.07. The molecule has 2 N–H and O–H groups in total. The van der Waals surface area contributed by atoms with Gasteiger partial charge in [-0.3, -0.25) is 9.59 Å². The number of furan rings is 1. The zero-order chi connectivity index (χ0) is 19.1. The highest BCUT2D eigenvalue weighted by Crippen LogP contribution is 2.50. The van der Waals surface area contributed by atoms with Gasteiger partial charge >= 0.3 is 0 Å². The fourth-order valence-corrected chi connectivity index (χ4v) is 4.74. The maximum Gasteiger partial charge on any atom is 0.248 e. The molecule has 2 aliphatic heterocycles. The lowest BCUT2D eigenvalue weighted by Crippen LogP contribution is -2.33. The molecule has 2 aromatic rings. The minimum Gasteiger partial charge on any atom is -0.497 e. The Morgan fingerprint density at radius 2 is 1.96 bits per heavy atom. The smallest absolute Gasteiger partial charge is 0.248 e. The number of amides is 2. The molecule has 0 bridgehead atoms. The molecule has 1 aromatic heterocycles. The van der Waals surface area contributed by atoms with Crippen molar-refractivity contribution in [1.29, 1.82) is 5.26 Å². The van der Waals surface area contributed by atoms with E-state index in [0.717, 1.165) is 16.7 Å². The van der Waals surface area contributed by atoms with E-state index >= 15 is 0 Å². The number of nitrogens with two attached hydrogens (primary N) is 1. The summed E-state index contributed by atoms with van der Waals surface area (Å²) in [6.07, 6.45) is 1.47. The van der Waals surface area contributed by atoms with Gasteiger partial charge in [0.1, 0.15) is 16.8 Å². The number of nitrogens with zero attached hydrogens (tertiary/aromatic N) is 2. The van der Waals surface area contributed by atoms with Gasteiger partial charge < -0.3 is 14.9 Å². The first-order valence-electron chi connectivity index (χ1n) is 8.18. The number of imide groups is 1. The fraction of sp³-hybridized carbons (Fsp3) is 0.211. The lowest BCUT2D eigenvalue weighted by Gasteiger charge is -2.28. The second-order valence-corrected chi connectivity index (χ2v) is 7.34. The average Bonchev–Trinajstić information content (AvgIpc) is 3.29. The van der Waals surface area contributed by atoms with Gasteiger partial charge in [0, 0.05) is 0 Å². The van der Waals surface area contributed by atoms with Gasteiger partial charge in [0.2, 0.25) is 11.8 Å². The Labute approximate surface area is 159 Å². The summed E-state index contributed by atoms with van der Waals surface area (Å²) in [6.45, 7) is 0. The highest BCUT2D eigenvalue weighted by molar-refractivity contribution is 8.04. The molecule has 1 fully saturated rings. The zero-order valence-corrected chi connectivity index (χ0v) is 15.1. The van der Waals surface area contributed by atoms with E-state index in [1.807, 2.05) is 0 Å². The monoisotopic (exact) mass is 381 g/mol. The summed E-state index contributed by atoms with van der Waals surface area (Å²) in [5.74, 6) is -1.09. The van der Waals surface area contributed by atoms with Crippen molar-refractivity contribution in [3.05, 3.63) is 59.0 Å². The average molecular weight is 381 g/mol. The molecule has 8 heteroatoms. The van der Waals surface area contributed by atoms with Gasteiger partial charge in [-0.1, -0.05) is 11.8 Å². The molecule has 27 heavy (non-hydrogen) atoms. The summed E-state index contributed by atoms with van der Waals surface area (Å²) in [7, 11) is 1.54. The zero-order valence-electron chi connectivity index (χ0n) is 14.3. The second-order valence-electron chi connectivity index (χ2n) is 6.16. The lowest BCUT2D eigenvalue weighted by atomic mass is 9.82. The van der Waals surface area contributed by atoms with Crippen LogP contribution >= 0.6 is 11.8 Å². The van der Waals surface area contributed by atoms with Crippen LogP contribution < -0.4 is 15.4 Å². The normalized spacial score (nSPS) is 24.7. The number of hydrogen-bond acceptors (Lipinski definition) is 7. The van der Waals surface area contributed by atoms with Gasteiger partial charge in [-0.2, -0.15) is 5.26 Å². The number of methoxy groups -OCH3 is 1. The van der Waals surface area contributed by atoms with E-state index in [2.05, 4.69) is 6.07 Å². The van der Waals surface area contributed by atoms with Crippen molar-refractivity contribution in [3.8, 4) is 11.8 Å². The van der Waals surface area contributed by atoms with Crippen LogP contribution in [0, 0.1) is 17.2 Å². The summed E-state index contributed by atoms with van der Waals surface area (Å²) in [5, 5.41) is 9.12. The summed E-state index contributed by atoms with van der Waals surface area (Å²) in [4.78, 5) is 27.4. The minimum absolute atomic E-state index is 0.248. The fourth-order valence-electron chi connectivity index (χ4n) is 3.54. The number of thioether (sulfide) groups is 1. The quantitative estimate of drug-likeness (QED) is 0.813. The van der Waals surface area contributed by atoms with Crippen LogP contribution in [-0.4, -0.2) is 24.2 Å². The molecule has 3 heterocycles. The minimum atomic E-state index is -0.752. The van der Waals surface area contributed by atoms with E-state index < -0.39 is 17.1 Å². The van der Waals surface area contributed by atoms with Crippen LogP contribution in [0.2, 0.25) is 0 Å². The van der Waals surface area contributed by atoms with Crippen LogP contribution in [0.4, 0.5) is 5.69 Å². The molecule has 7 nitrogen and oxygen atoms in total. The Morgan fingerprint density at radius 1 is 1.22 bits per heavy atom. The molecule has 0 spiro atoms. The molecule has 1 aromatic carbocycles. The molecule has 0 unspecified atom stereocenters. The van der Waals surface area contributed by atoms with Crippen LogP contribution in [-0.2, 0) is 9.59 Å². The van der Waals surface area contributed by atoms with Gasteiger partial charge in [0.05, 0.1) is 47.6 Å². The second kappa shape index (κ2) is 6.52. The third-order valence-electron chi connectivity index (χ3n) is 4.79. The Kier molecular flexibility index (Phi) is 4.16. The molecule has 0 aliphatic carbocycles. The number of anilines is 1. The number of rotatable bonds is 3. The molecular weight excluding hydrogens is 366 g/mol. The predicted octanol–water partition coefficient (Wildman–Crippen LogP) is 2.37. The third kappa shape index (κ3) is 2.59. The SMILES string of the molecule is COc1ccc(N2C(=O)[C@@H]3[C@@H](c4ccco4)C(C#N)=C(N)S[C@H]3C2=O)cc1. The summed E-state index contributed by atoms with van der Waals surface area (Å²) in [5.41, 5.74) is 6.76. The van der Waals surface area contributed by atoms with E-state index in [1.165, 1.54) is 13.4 Å². The van der Waals surface area contributed by atoms with Crippen molar-refractivity contribution in [2.45, 2.75) is 11.2 Å². The molecule has 1 saturated heterocycles. The van der Waals surface area contributed by atoms with Gasteiger partial charge in [-0.15, -0.1) is 0 Å². The molecular formula is C19H15N3O4S. The number of nitriles is 1. The highest BCUT2D eigenvalue weighted by atomic mass is 32.2. The number of carbonyl (C=O) groups is 2. The number of ether oxygens (including phenoxy) is 1. The van der Waals surface area contributed by atoms with E-state index in [4.69, 9.17) is 14.9 Å². The standard InChI is InChI=1S/C19H15N3O4S/c1-25-11-6-4-10(5-7-11)22-18(23)15-14(13-3-2-8-26-13)12(9-20)17(21)27-16(15)19(22)24/h2-8,14-16H,21H2,1H3/t14-,15-,16-/m1/s1. The third-order valence-corrected chi connectivity index (χ3v) is 6.01. The van der Waals surface area contributed by atoms with Crippen molar-refractivity contribution in [1.82, 2.24) is 0 Å². The number of allylic oxidation sites excluding steroid dienone is 1. The van der Waals surface area contributed by atoms with Crippen LogP contribution in [0.3, 0.4) is 0 Å². The number of benzene rings is 1. The molecule has 2 aliphatic rings. The van der Waals surface area contributed by atoms with E-state index in [1.54, 1.807) is 36.4 Å². The highest BCUT2D eigenvalue weighted by Gasteiger charge is 2.56. The van der Waals surface area contributed by atoms with Crippen molar-refractivity contribution in [2.75, 3.05) is 12.0 Å². The molecule has 0 radical (unpaired) electrons. The van der Waals surface area contributed by atoms with Crippen LogP contribution in [0.25, 0.3) is 0 Å². The van der Waals surface area contributed by atoms with Crippen molar-refractivity contribution < 1.29 is 18.7 Å². The van der Waals surface area contributed by atoms with Gasteiger partial charge in [-0.05, 0) is 36.4 Å². The van der Waals surface area contributed by atoms with E-state index in [9.17, 15) is 14.9 Å². The summed E-state index contributed by atoms with van der Waals surface area (Å²) < 4.78 is 10.6. The van der Waals surface area contributed by atoms with Crippen LogP contribution in [0.5, 0.6) is 5.75 Å². The Bertz CT molecular complexity index is 975. The Balaban J connectivity index is 1.78. The topological polar surface area (TPSA) is 110 Å². The molecule has 3 atom stereocenters. The van der Waals surface area contributed by atoms with Gasteiger partial charge in [0.15, 0.2) is 0 Å². The van der Waals surface area contributed by atoms with E-state index in [-0.39, 0.29) is 22.4 Å². The lowest BCUT2D eigenvalue weighted by molar-refractivity contribution is -0.122.